The van der Waals surface area contributed by atoms with Gasteiger partial charge in [0.05, 0.1) is 8.61 Å². The molecular formula is C12H7Br3F2OS. The van der Waals surface area contributed by atoms with E-state index in [4.69, 9.17) is 0 Å². The summed E-state index contributed by atoms with van der Waals surface area (Å²) in [6.45, 7) is -2.80. The normalized spacial score (nSPS) is 12.7. The van der Waals surface area contributed by atoms with E-state index in [-0.39, 0.29) is 10.6 Å². The summed E-state index contributed by atoms with van der Waals surface area (Å²) < 4.78 is 30.4. The molecule has 1 aromatic heterocycles. The molecule has 19 heavy (non-hydrogen) atoms. The number of benzene rings is 1. The average Bonchev–Trinajstić information content (AvgIpc) is 2.69. The summed E-state index contributed by atoms with van der Waals surface area (Å²) in [4.78, 5) is 1.13. The van der Waals surface area contributed by atoms with Gasteiger partial charge in [0, 0.05) is 9.35 Å². The quantitative estimate of drug-likeness (QED) is 0.467. The van der Waals surface area contributed by atoms with Crippen LogP contribution in [0, 0.1) is 0 Å². The summed E-state index contributed by atoms with van der Waals surface area (Å²) in [5.74, 6) is 0.159. The molecular weight excluding hydrogens is 470 g/mol. The summed E-state index contributed by atoms with van der Waals surface area (Å²) in [6.07, 6.45) is 0. The van der Waals surface area contributed by atoms with E-state index in [0.29, 0.717) is 0 Å². The SMILES string of the molecule is FC(F)Oc1ccc(C(Br)c2cc(Br)c(Br)s2)cc1. The molecule has 0 N–H and O–H groups in total. The van der Waals surface area contributed by atoms with Crippen molar-refractivity contribution in [1.82, 2.24) is 0 Å². The lowest BCUT2D eigenvalue weighted by atomic mass is 10.1. The lowest BCUT2D eigenvalue weighted by Crippen LogP contribution is -2.01. The van der Waals surface area contributed by atoms with Gasteiger partial charge in [-0.05, 0) is 55.6 Å². The van der Waals surface area contributed by atoms with Crippen LogP contribution < -0.4 is 4.74 Å². The van der Waals surface area contributed by atoms with Gasteiger partial charge in [-0.1, -0.05) is 28.1 Å². The molecule has 0 aliphatic carbocycles. The van der Waals surface area contributed by atoms with Crippen molar-refractivity contribution < 1.29 is 13.5 Å². The second kappa shape index (κ2) is 6.65. The van der Waals surface area contributed by atoms with Crippen LogP contribution in [0.3, 0.4) is 0 Å². The summed E-state index contributed by atoms with van der Waals surface area (Å²) >= 11 is 12.1. The predicted octanol–water partition coefficient (Wildman–Crippen LogP) is 6.36. The maximum atomic E-state index is 12.1. The molecule has 0 fully saturated rings. The Morgan fingerprint density at radius 2 is 1.74 bits per heavy atom. The van der Waals surface area contributed by atoms with Crippen molar-refractivity contribution in [2.75, 3.05) is 0 Å². The summed E-state index contributed by atoms with van der Waals surface area (Å²) in [7, 11) is 0. The number of alkyl halides is 3. The molecule has 1 aromatic carbocycles. The maximum absolute atomic E-state index is 12.1. The second-order valence-corrected chi connectivity index (χ2v) is 7.75. The van der Waals surface area contributed by atoms with Crippen LogP contribution in [0.5, 0.6) is 5.75 Å². The first-order valence-electron chi connectivity index (χ1n) is 5.11. The Hall–Kier alpha value is 0.0200. The third-order valence-electron chi connectivity index (χ3n) is 2.31. The number of hydrogen-bond acceptors (Lipinski definition) is 2. The summed E-state index contributed by atoms with van der Waals surface area (Å²) in [6, 6.07) is 8.61. The van der Waals surface area contributed by atoms with Gasteiger partial charge < -0.3 is 4.74 Å². The number of ether oxygens (including phenoxy) is 1. The summed E-state index contributed by atoms with van der Waals surface area (Å²) in [5, 5.41) is 0. The van der Waals surface area contributed by atoms with Crippen LogP contribution in [0.2, 0.25) is 0 Å². The molecule has 0 bridgehead atoms. The lowest BCUT2D eigenvalue weighted by Gasteiger charge is -2.09. The summed E-state index contributed by atoms with van der Waals surface area (Å²) in [5.41, 5.74) is 0.975. The van der Waals surface area contributed by atoms with E-state index >= 15 is 0 Å². The van der Waals surface area contributed by atoms with Crippen LogP contribution in [0.15, 0.2) is 38.6 Å². The Balaban J connectivity index is 2.17. The highest BCUT2D eigenvalue weighted by Gasteiger charge is 2.15. The fourth-order valence-corrected chi connectivity index (χ4v) is 4.28. The zero-order chi connectivity index (χ0) is 14.0. The molecule has 1 nitrogen and oxygen atoms in total. The number of rotatable bonds is 4. The van der Waals surface area contributed by atoms with Gasteiger partial charge >= 0.3 is 6.61 Å². The molecule has 2 aromatic rings. The van der Waals surface area contributed by atoms with Crippen LogP contribution in [0.1, 0.15) is 15.3 Å². The minimum atomic E-state index is -2.80. The number of halogens is 5. The standard InChI is InChI=1S/C12H7Br3F2OS/c13-8-5-9(19-11(8)15)10(14)6-1-3-7(4-2-6)18-12(16)17/h1-5,10,12H. The zero-order valence-corrected chi connectivity index (χ0v) is 14.8. The minimum absolute atomic E-state index is 0.0145. The monoisotopic (exact) mass is 474 g/mol. The van der Waals surface area contributed by atoms with E-state index in [1.54, 1.807) is 23.5 Å². The van der Waals surface area contributed by atoms with Gasteiger partial charge in [0.1, 0.15) is 5.75 Å². The first-order valence-corrected chi connectivity index (χ1v) is 8.42. The number of hydrogen-bond donors (Lipinski definition) is 0. The van der Waals surface area contributed by atoms with E-state index in [2.05, 4.69) is 52.5 Å². The van der Waals surface area contributed by atoms with Crippen LogP contribution in [0.25, 0.3) is 0 Å². The Morgan fingerprint density at radius 1 is 1.11 bits per heavy atom. The molecule has 102 valence electrons. The van der Waals surface area contributed by atoms with Gasteiger partial charge in [-0.25, -0.2) is 0 Å². The Labute approximate surface area is 138 Å². The molecule has 0 saturated carbocycles. The van der Waals surface area contributed by atoms with Crippen LogP contribution >= 0.6 is 59.1 Å². The van der Waals surface area contributed by atoms with Gasteiger partial charge in [-0.2, -0.15) is 8.78 Å². The van der Waals surface area contributed by atoms with Crippen molar-refractivity contribution in [3.8, 4) is 5.75 Å². The van der Waals surface area contributed by atoms with Gasteiger partial charge in [-0.15, -0.1) is 11.3 Å². The van der Waals surface area contributed by atoms with Crippen LogP contribution in [0.4, 0.5) is 8.78 Å². The van der Waals surface area contributed by atoms with E-state index in [0.717, 1.165) is 18.7 Å². The molecule has 0 radical (unpaired) electrons. The Morgan fingerprint density at radius 3 is 2.21 bits per heavy atom. The highest BCUT2D eigenvalue weighted by Crippen LogP contribution is 2.41. The van der Waals surface area contributed by atoms with Crippen molar-refractivity contribution in [2.24, 2.45) is 0 Å². The zero-order valence-electron chi connectivity index (χ0n) is 9.25. The third kappa shape index (κ3) is 4.00. The van der Waals surface area contributed by atoms with Crippen molar-refractivity contribution in [1.29, 1.82) is 0 Å². The van der Waals surface area contributed by atoms with Crippen LogP contribution in [-0.4, -0.2) is 6.61 Å². The molecule has 0 aliphatic rings. The van der Waals surface area contributed by atoms with Gasteiger partial charge in [0.2, 0.25) is 0 Å². The Kier molecular flexibility index (Phi) is 5.39. The van der Waals surface area contributed by atoms with E-state index < -0.39 is 6.61 Å². The van der Waals surface area contributed by atoms with Crippen molar-refractivity contribution >= 4 is 59.1 Å². The molecule has 7 heteroatoms. The molecule has 0 amide bonds. The third-order valence-corrected chi connectivity index (χ3v) is 6.96. The van der Waals surface area contributed by atoms with Crippen LogP contribution in [-0.2, 0) is 0 Å². The Bertz CT molecular complexity index is 537. The lowest BCUT2D eigenvalue weighted by molar-refractivity contribution is -0.0498. The van der Waals surface area contributed by atoms with E-state index in [9.17, 15) is 8.78 Å². The molecule has 1 unspecified atom stereocenters. The van der Waals surface area contributed by atoms with Crippen molar-refractivity contribution in [3.05, 3.63) is 49.0 Å². The molecule has 0 aliphatic heterocycles. The molecule has 1 heterocycles. The smallest absolute Gasteiger partial charge is 0.387 e. The van der Waals surface area contributed by atoms with Gasteiger partial charge in [0.15, 0.2) is 0 Å². The fourth-order valence-electron chi connectivity index (χ4n) is 1.47. The molecule has 2 rings (SSSR count). The molecule has 1 atom stereocenters. The minimum Gasteiger partial charge on any atom is -0.435 e. The van der Waals surface area contributed by atoms with Gasteiger partial charge in [-0.3, -0.25) is 0 Å². The largest absolute Gasteiger partial charge is 0.435 e. The highest BCUT2D eigenvalue weighted by atomic mass is 79.9. The fraction of sp³-hybridized carbons (Fsp3) is 0.167. The highest BCUT2D eigenvalue weighted by molar-refractivity contribution is 9.13. The van der Waals surface area contributed by atoms with Gasteiger partial charge in [0.25, 0.3) is 0 Å². The predicted molar refractivity (Wildman–Crippen MR) is 83.6 cm³/mol. The van der Waals surface area contributed by atoms with Crippen molar-refractivity contribution in [2.45, 2.75) is 11.4 Å². The van der Waals surface area contributed by atoms with Crippen molar-refractivity contribution in [3.63, 3.8) is 0 Å². The number of thiophene rings is 1. The molecule has 0 spiro atoms. The van der Waals surface area contributed by atoms with E-state index in [1.807, 2.05) is 6.07 Å². The molecule has 0 saturated heterocycles. The topological polar surface area (TPSA) is 9.23 Å². The first-order chi connectivity index (χ1) is 8.97. The van der Waals surface area contributed by atoms with E-state index in [1.165, 1.54) is 12.1 Å². The second-order valence-electron chi connectivity index (χ2n) is 3.58. The average molecular weight is 477 g/mol. The maximum Gasteiger partial charge on any atom is 0.387 e. The first kappa shape index (κ1) is 15.4.